The first-order chi connectivity index (χ1) is 12.2. The average molecular weight is 357 g/mol. The van der Waals surface area contributed by atoms with Gasteiger partial charge in [-0.2, -0.15) is 0 Å². The van der Waals surface area contributed by atoms with E-state index in [4.69, 9.17) is 4.74 Å². The van der Waals surface area contributed by atoms with Crippen LogP contribution in [0.4, 0.5) is 0 Å². The van der Waals surface area contributed by atoms with Crippen LogP contribution in [0.2, 0.25) is 0 Å². The van der Waals surface area contributed by atoms with Gasteiger partial charge < -0.3 is 9.84 Å². The molecule has 0 aromatic rings. The first kappa shape index (κ1) is 24.4. The summed E-state index contributed by atoms with van der Waals surface area (Å²) in [6.45, 7) is 4.58. The topological polar surface area (TPSA) is 46.5 Å². The maximum Gasteiger partial charge on any atom is 0.305 e. The van der Waals surface area contributed by atoms with Crippen molar-refractivity contribution in [1.29, 1.82) is 0 Å². The number of rotatable bonds is 19. The number of aliphatic hydroxyl groups excluding tert-OH is 1. The van der Waals surface area contributed by atoms with Crippen molar-refractivity contribution >= 4 is 5.97 Å². The summed E-state index contributed by atoms with van der Waals surface area (Å²) in [6, 6.07) is 0. The summed E-state index contributed by atoms with van der Waals surface area (Å²) in [7, 11) is 0. The van der Waals surface area contributed by atoms with Gasteiger partial charge >= 0.3 is 5.97 Å². The lowest BCUT2D eigenvalue weighted by molar-refractivity contribution is -0.143. The van der Waals surface area contributed by atoms with Crippen LogP contribution in [-0.2, 0) is 9.53 Å². The Hall–Kier alpha value is -0.570. The monoisotopic (exact) mass is 356 g/mol. The summed E-state index contributed by atoms with van der Waals surface area (Å²) in [5.74, 6) is -0.0145. The Morgan fingerprint density at radius 2 is 1.20 bits per heavy atom. The fourth-order valence-corrected chi connectivity index (χ4v) is 3.06. The number of carbonyl (C=O) groups is 1. The summed E-state index contributed by atoms with van der Waals surface area (Å²) in [5.41, 5.74) is 0. The molecular formula is C22H44O3. The molecular weight excluding hydrogens is 312 g/mol. The fourth-order valence-electron chi connectivity index (χ4n) is 3.06. The molecule has 25 heavy (non-hydrogen) atoms. The van der Waals surface area contributed by atoms with Gasteiger partial charge in [0.15, 0.2) is 0 Å². The summed E-state index contributed by atoms with van der Waals surface area (Å²) in [6.07, 6.45) is 20.2. The second-order valence-corrected chi connectivity index (χ2v) is 7.56. The first-order valence-corrected chi connectivity index (χ1v) is 11.0. The number of hydrogen-bond donors (Lipinski definition) is 1. The predicted octanol–water partition coefficient (Wildman–Crippen LogP) is 6.56. The van der Waals surface area contributed by atoms with Crippen LogP contribution in [-0.4, -0.2) is 23.8 Å². The fraction of sp³-hybridized carbons (Fsp3) is 0.955. The minimum Gasteiger partial charge on any atom is -0.466 e. The van der Waals surface area contributed by atoms with E-state index in [0.29, 0.717) is 13.0 Å². The predicted molar refractivity (Wildman–Crippen MR) is 107 cm³/mol. The van der Waals surface area contributed by atoms with Gasteiger partial charge in [-0.25, -0.2) is 0 Å². The zero-order valence-corrected chi connectivity index (χ0v) is 17.1. The molecule has 1 N–H and O–H groups in total. The molecule has 0 aliphatic heterocycles. The highest BCUT2D eigenvalue weighted by Gasteiger charge is 2.02. The Labute approximate surface area is 156 Å². The van der Waals surface area contributed by atoms with Crippen molar-refractivity contribution in [2.75, 3.05) is 6.61 Å². The molecule has 0 aliphatic rings. The Kier molecular flexibility index (Phi) is 19.3. The molecule has 0 rings (SSSR count). The van der Waals surface area contributed by atoms with Crippen molar-refractivity contribution in [3.05, 3.63) is 0 Å². The number of unbranched alkanes of at least 4 members (excludes halogenated alkanes) is 13. The van der Waals surface area contributed by atoms with Gasteiger partial charge in [-0.3, -0.25) is 4.79 Å². The first-order valence-electron chi connectivity index (χ1n) is 11.0. The van der Waals surface area contributed by atoms with Crippen LogP contribution in [0.3, 0.4) is 0 Å². The molecule has 0 saturated heterocycles. The van der Waals surface area contributed by atoms with E-state index in [1.54, 1.807) is 0 Å². The molecule has 0 amide bonds. The molecule has 0 saturated carbocycles. The zero-order chi connectivity index (χ0) is 18.6. The summed E-state index contributed by atoms with van der Waals surface area (Å²) in [5, 5.41) is 9.19. The van der Waals surface area contributed by atoms with Gasteiger partial charge in [0.25, 0.3) is 0 Å². The Morgan fingerprint density at radius 1 is 0.760 bits per heavy atom. The summed E-state index contributed by atoms with van der Waals surface area (Å²) < 4.78 is 5.16. The zero-order valence-electron chi connectivity index (χ0n) is 17.1. The number of hydrogen-bond acceptors (Lipinski definition) is 3. The van der Waals surface area contributed by atoms with Crippen molar-refractivity contribution in [2.45, 2.75) is 129 Å². The molecule has 1 unspecified atom stereocenters. The third kappa shape index (κ3) is 21.4. The number of carbonyl (C=O) groups excluding carboxylic acids is 1. The molecule has 0 radical (unpaired) electrons. The second-order valence-electron chi connectivity index (χ2n) is 7.56. The quantitative estimate of drug-likeness (QED) is 0.210. The van der Waals surface area contributed by atoms with Gasteiger partial charge in [-0.05, 0) is 26.2 Å². The highest BCUT2D eigenvalue weighted by molar-refractivity contribution is 5.69. The van der Waals surface area contributed by atoms with Crippen LogP contribution in [0.25, 0.3) is 0 Å². The number of esters is 1. The normalized spacial score (nSPS) is 12.3. The van der Waals surface area contributed by atoms with Gasteiger partial charge in [0, 0.05) is 6.42 Å². The maximum atomic E-state index is 11.4. The van der Waals surface area contributed by atoms with Crippen LogP contribution >= 0.6 is 0 Å². The van der Waals surface area contributed by atoms with E-state index in [1.807, 2.05) is 6.92 Å². The van der Waals surface area contributed by atoms with E-state index in [9.17, 15) is 9.90 Å². The highest BCUT2D eigenvalue weighted by Crippen LogP contribution is 2.13. The van der Waals surface area contributed by atoms with Gasteiger partial charge in [-0.15, -0.1) is 0 Å². The third-order valence-corrected chi connectivity index (χ3v) is 4.76. The van der Waals surface area contributed by atoms with Crippen molar-refractivity contribution in [1.82, 2.24) is 0 Å². The molecule has 1 atom stereocenters. The lowest BCUT2D eigenvalue weighted by Crippen LogP contribution is -2.05. The lowest BCUT2D eigenvalue weighted by Gasteiger charge is -2.05. The number of ether oxygens (including phenoxy) is 1. The van der Waals surface area contributed by atoms with E-state index in [0.717, 1.165) is 32.1 Å². The van der Waals surface area contributed by atoms with E-state index in [1.165, 1.54) is 70.6 Å². The molecule has 0 aromatic heterocycles. The minimum absolute atomic E-state index is 0.0145. The van der Waals surface area contributed by atoms with Crippen LogP contribution in [0.5, 0.6) is 0 Å². The molecule has 0 aliphatic carbocycles. The standard InChI is InChI=1S/C22H44O3/c1-3-4-20-25-22(24)19-17-15-13-11-9-7-5-6-8-10-12-14-16-18-21(2)23/h21,23H,3-20H2,1-2H3. The lowest BCUT2D eigenvalue weighted by atomic mass is 10.0. The van der Waals surface area contributed by atoms with Gasteiger partial charge in [-0.1, -0.05) is 90.4 Å². The van der Waals surface area contributed by atoms with E-state index >= 15 is 0 Å². The molecule has 0 heterocycles. The van der Waals surface area contributed by atoms with Crippen molar-refractivity contribution < 1.29 is 14.6 Å². The van der Waals surface area contributed by atoms with Crippen molar-refractivity contribution in [3.63, 3.8) is 0 Å². The SMILES string of the molecule is CCCCOC(=O)CCCCCCCCCCCCCCCC(C)O. The Bertz CT molecular complexity index is 276. The molecule has 3 heteroatoms. The third-order valence-electron chi connectivity index (χ3n) is 4.76. The van der Waals surface area contributed by atoms with Gasteiger partial charge in [0.2, 0.25) is 0 Å². The summed E-state index contributed by atoms with van der Waals surface area (Å²) >= 11 is 0. The molecule has 0 bridgehead atoms. The van der Waals surface area contributed by atoms with Crippen LogP contribution < -0.4 is 0 Å². The molecule has 150 valence electrons. The average Bonchev–Trinajstić information content (AvgIpc) is 2.58. The van der Waals surface area contributed by atoms with Crippen LogP contribution in [0.15, 0.2) is 0 Å². The van der Waals surface area contributed by atoms with E-state index in [-0.39, 0.29) is 12.1 Å². The van der Waals surface area contributed by atoms with E-state index in [2.05, 4.69) is 6.92 Å². The smallest absolute Gasteiger partial charge is 0.305 e. The maximum absolute atomic E-state index is 11.4. The van der Waals surface area contributed by atoms with E-state index < -0.39 is 0 Å². The molecule has 0 aromatic carbocycles. The van der Waals surface area contributed by atoms with Crippen LogP contribution in [0.1, 0.15) is 123 Å². The van der Waals surface area contributed by atoms with Gasteiger partial charge in [0.05, 0.1) is 12.7 Å². The van der Waals surface area contributed by atoms with Crippen molar-refractivity contribution in [3.8, 4) is 0 Å². The largest absolute Gasteiger partial charge is 0.466 e. The highest BCUT2D eigenvalue weighted by atomic mass is 16.5. The van der Waals surface area contributed by atoms with Crippen LogP contribution in [0, 0.1) is 0 Å². The molecule has 0 fully saturated rings. The Morgan fingerprint density at radius 3 is 1.64 bits per heavy atom. The van der Waals surface area contributed by atoms with Crippen molar-refractivity contribution in [2.24, 2.45) is 0 Å². The Balaban J connectivity index is 3.08. The number of aliphatic hydroxyl groups is 1. The molecule has 3 nitrogen and oxygen atoms in total. The van der Waals surface area contributed by atoms with Gasteiger partial charge in [0.1, 0.15) is 0 Å². The minimum atomic E-state index is -0.125. The summed E-state index contributed by atoms with van der Waals surface area (Å²) in [4.78, 5) is 11.4. The second kappa shape index (κ2) is 19.8. The molecule has 0 spiro atoms.